The molecule has 0 fully saturated rings. The van der Waals surface area contributed by atoms with E-state index >= 15 is 0 Å². The zero-order valence-electron chi connectivity index (χ0n) is 14.8. The third-order valence-corrected chi connectivity index (χ3v) is 4.63. The van der Waals surface area contributed by atoms with Gasteiger partial charge in [0.25, 0.3) is 0 Å². The van der Waals surface area contributed by atoms with Gasteiger partial charge in [-0.05, 0) is 19.4 Å². The Morgan fingerprint density at radius 3 is 2.96 bits per heavy atom. The van der Waals surface area contributed by atoms with Crippen molar-refractivity contribution in [2.24, 2.45) is 0 Å². The van der Waals surface area contributed by atoms with Crippen LogP contribution >= 0.6 is 11.3 Å². The average Bonchev–Trinajstić information content (AvgIpc) is 3.24. The van der Waals surface area contributed by atoms with Crippen molar-refractivity contribution in [3.8, 4) is 0 Å². The van der Waals surface area contributed by atoms with Crippen molar-refractivity contribution in [3.05, 3.63) is 52.6 Å². The summed E-state index contributed by atoms with van der Waals surface area (Å²) in [5.41, 5.74) is 2.39. The van der Waals surface area contributed by atoms with Gasteiger partial charge in [0.15, 0.2) is 0 Å². The van der Waals surface area contributed by atoms with E-state index in [1.54, 1.807) is 6.33 Å². The molecule has 9 heteroatoms. The summed E-state index contributed by atoms with van der Waals surface area (Å²) in [5, 5.41) is 22.9. The molecule has 0 spiro atoms. The summed E-state index contributed by atoms with van der Waals surface area (Å²) in [6, 6.07) is 7.96. The highest BCUT2D eigenvalue weighted by Crippen LogP contribution is 2.18. The Labute approximate surface area is 155 Å². The van der Waals surface area contributed by atoms with Crippen molar-refractivity contribution in [1.29, 1.82) is 0 Å². The highest BCUT2D eigenvalue weighted by Gasteiger charge is 2.09. The molecule has 2 N–H and O–H groups in total. The molecule has 0 saturated carbocycles. The first-order valence-corrected chi connectivity index (χ1v) is 9.25. The van der Waals surface area contributed by atoms with Crippen molar-refractivity contribution < 1.29 is 4.79 Å². The first kappa shape index (κ1) is 18.0. The molecule has 136 valence electrons. The normalized spacial score (nSPS) is 10.7. The number of carbonyl (C=O) groups excluding carboxylic acids is 1. The second-order valence-electron chi connectivity index (χ2n) is 5.83. The monoisotopic (exact) mass is 371 g/mol. The van der Waals surface area contributed by atoms with Crippen molar-refractivity contribution in [1.82, 2.24) is 30.3 Å². The van der Waals surface area contributed by atoms with Gasteiger partial charge in [-0.3, -0.25) is 5.32 Å². The van der Waals surface area contributed by atoms with E-state index in [1.807, 2.05) is 17.6 Å². The molecule has 0 atom stereocenters. The van der Waals surface area contributed by atoms with Crippen LogP contribution in [-0.2, 0) is 19.4 Å². The standard InChI is InChI=1S/C17H21N7OS/c1-3-24-11-19-21-14(24)7-8-18-16(25)20-17-23-22-15(26-17)10-13-6-4-5-12(2)9-13/h4-6,9,11H,3,7-8,10H2,1-2H3,(H2,18,20,23,25). The molecule has 3 rings (SSSR count). The first-order chi connectivity index (χ1) is 12.6. The van der Waals surface area contributed by atoms with Crippen LogP contribution < -0.4 is 10.6 Å². The van der Waals surface area contributed by atoms with E-state index in [-0.39, 0.29) is 6.03 Å². The Hall–Kier alpha value is -2.81. The molecule has 26 heavy (non-hydrogen) atoms. The third kappa shape index (κ3) is 4.85. The van der Waals surface area contributed by atoms with Crippen LogP contribution in [-0.4, -0.2) is 37.5 Å². The van der Waals surface area contributed by atoms with Crippen molar-refractivity contribution in [2.45, 2.75) is 33.2 Å². The van der Waals surface area contributed by atoms with E-state index in [0.717, 1.165) is 17.4 Å². The van der Waals surface area contributed by atoms with Gasteiger partial charge in [-0.1, -0.05) is 41.2 Å². The summed E-state index contributed by atoms with van der Waals surface area (Å²) in [5.74, 6) is 0.851. The summed E-state index contributed by atoms with van der Waals surface area (Å²) in [7, 11) is 0. The predicted molar refractivity (Wildman–Crippen MR) is 100 cm³/mol. The van der Waals surface area contributed by atoms with Crippen LogP contribution in [0.4, 0.5) is 9.93 Å². The van der Waals surface area contributed by atoms with Gasteiger partial charge in [0.2, 0.25) is 5.13 Å². The van der Waals surface area contributed by atoms with Crippen molar-refractivity contribution in [2.75, 3.05) is 11.9 Å². The Morgan fingerprint density at radius 1 is 1.27 bits per heavy atom. The number of rotatable bonds is 7. The number of carbonyl (C=O) groups is 1. The molecule has 1 aromatic carbocycles. The zero-order valence-corrected chi connectivity index (χ0v) is 15.6. The average molecular weight is 371 g/mol. The Balaban J connectivity index is 1.47. The second-order valence-corrected chi connectivity index (χ2v) is 6.89. The van der Waals surface area contributed by atoms with Gasteiger partial charge in [0.05, 0.1) is 0 Å². The van der Waals surface area contributed by atoms with Gasteiger partial charge < -0.3 is 9.88 Å². The van der Waals surface area contributed by atoms with E-state index in [0.29, 0.717) is 24.5 Å². The molecule has 0 radical (unpaired) electrons. The minimum atomic E-state index is -0.300. The van der Waals surface area contributed by atoms with Crippen LogP contribution in [0.5, 0.6) is 0 Å². The number of aromatic nitrogens is 5. The van der Waals surface area contributed by atoms with Gasteiger partial charge in [-0.2, -0.15) is 0 Å². The molecule has 0 aliphatic rings. The number of nitrogens with zero attached hydrogens (tertiary/aromatic N) is 5. The first-order valence-electron chi connectivity index (χ1n) is 8.43. The zero-order chi connectivity index (χ0) is 18.4. The molecule has 0 saturated heterocycles. The maximum atomic E-state index is 12.0. The fourth-order valence-corrected chi connectivity index (χ4v) is 3.31. The maximum absolute atomic E-state index is 12.0. The number of anilines is 1. The van der Waals surface area contributed by atoms with E-state index in [2.05, 4.69) is 56.2 Å². The number of hydrogen-bond acceptors (Lipinski definition) is 6. The molecular formula is C17H21N7OS. The number of hydrogen-bond donors (Lipinski definition) is 2. The molecule has 2 heterocycles. The minimum Gasteiger partial charge on any atom is -0.337 e. The number of amides is 2. The topological polar surface area (TPSA) is 97.6 Å². The summed E-state index contributed by atoms with van der Waals surface area (Å²) in [6.45, 7) is 5.36. The minimum absolute atomic E-state index is 0.300. The lowest BCUT2D eigenvalue weighted by Gasteiger charge is -2.05. The van der Waals surface area contributed by atoms with Crippen LogP contribution in [0.15, 0.2) is 30.6 Å². The fourth-order valence-electron chi connectivity index (χ4n) is 2.54. The molecule has 2 amide bonds. The molecule has 0 bridgehead atoms. The van der Waals surface area contributed by atoms with Gasteiger partial charge >= 0.3 is 6.03 Å². The van der Waals surface area contributed by atoms with E-state index in [9.17, 15) is 4.79 Å². The summed E-state index contributed by atoms with van der Waals surface area (Å²) < 4.78 is 1.95. The third-order valence-electron chi connectivity index (χ3n) is 3.80. The highest BCUT2D eigenvalue weighted by atomic mass is 32.1. The molecule has 3 aromatic rings. The smallest absolute Gasteiger partial charge is 0.321 e. The largest absolute Gasteiger partial charge is 0.337 e. The molecule has 0 aliphatic heterocycles. The van der Waals surface area contributed by atoms with Gasteiger partial charge in [0.1, 0.15) is 17.2 Å². The van der Waals surface area contributed by atoms with Crippen LogP contribution in [0.1, 0.15) is 28.9 Å². The lowest BCUT2D eigenvalue weighted by Crippen LogP contribution is -2.30. The van der Waals surface area contributed by atoms with Gasteiger partial charge in [-0.25, -0.2) is 4.79 Å². The van der Waals surface area contributed by atoms with Crippen LogP contribution in [0.2, 0.25) is 0 Å². The quantitative estimate of drug-likeness (QED) is 0.665. The lowest BCUT2D eigenvalue weighted by atomic mass is 10.1. The summed E-state index contributed by atoms with van der Waals surface area (Å²) in [6.07, 6.45) is 3.01. The molecule has 0 aliphatic carbocycles. The SMILES string of the molecule is CCn1cnnc1CCNC(=O)Nc1nnc(Cc2cccc(C)c2)s1. The fraction of sp³-hybridized carbons (Fsp3) is 0.353. The number of urea groups is 1. The Morgan fingerprint density at radius 2 is 2.15 bits per heavy atom. The van der Waals surface area contributed by atoms with Gasteiger partial charge in [-0.15, -0.1) is 20.4 Å². The predicted octanol–water partition coefficient (Wildman–Crippen LogP) is 2.41. The van der Waals surface area contributed by atoms with E-state index in [4.69, 9.17) is 0 Å². The lowest BCUT2D eigenvalue weighted by molar-refractivity contribution is 0.252. The Bertz CT molecular complexity index is 873. The molecule has 8 nitrogen and oxygen atoms in total. The second kappa shape index (κ2) is 8.52. The van der Waals surface area contributed by atoms with Crippen LogP contribution in [0.3, 0.4) is 0 Å². The van der Waals surface area contributed by atoms with Gasteiger partial charge in [0, 0.05) is 25.9 Å². The Kier molecular flexibility index (Phi) is 5.90. The van der Waals surface area contributed by atoms with E-state index < -0.39 is 0 Å². The number of aryl methyl sites for hydroxylation is 2. The molecule has 0 unspecified atom stereocenters. The number of benzene rings is 1. The number of nitrogens with one attached hydrogen (secondary N) is 2. The van der Waals surface area contributed by atoms with Crippen molar-refractivity contribution >= 4 is 22.5 Å². The summed E-state index contributed by atoms with van der Waals surface area (Å²) >= 11 is 1.38. The molecule has 2 aromatic heterocycles. The van der Waals surface area contributed by atoms with Crippen LogP contribution in [0, 0.1) is 6.92 Å². The van der Waals surface area contributed by atoms with Crippen molar-refractivity contribution in [3.63, 3.8) is 0 Å². The van der Waals surface area contributed by atoms with E-state index in [1.165, 1.54) is 22.5 Å². The molecular weight excluding hydrogens is 350 g/mol. The maximum Gasteiger partial charge on any atom is 0.321 e. The highest BCUT2D eigenvalue weighted by molar-refractivity contribution is 7.15. The summed E-state index contributed by atoms with van der Waals surface area (Å²) in [4.78, 5) is 12.0. The van der Waals surface area contributed by atoms with Crippen LogP contribution in [0.25, 0.3) is 0 Å².